The molecule has 1 fully saturated rings. The third-order valence-corrected chi connectivity index (χ3v) is 8.15. The lowest BCUT2D eigenvalue weighted by atomic mass is 9.97. The summed E-state index contributed by atoms with van der Waals surface area (Å²) in [6.07, 6.45) is 4.51. The first kappa shape index (κ1) is 28.1. The smallest absolute Gasteiger partial charge is 0.354 e. The fraction of sp³-hybridized carbons (Fsp3) is 0.273. The van der Waals surface area contributed by atoms with E-state index in [1.54, 1.807) is 23.2 Å². The first-order chi connectivity index (χ1) is 20.6. The van der Waals surface area contributed by atoms with Crippen molar-refractivity contribution in [3.63, 3.8) is 0 Å². The lowest BCUT2D eigenvalue weighted by Gasteiger charge is -2.40. The van der Waals surface area contributed by atoms with Crippen LogP contribution in [0.15, 0.2) is 70.7 Å². The third-order valence-electron chi connectivity index (χ3n) is 8.15. The van der Waals surface area contributed by atoms with Crippen molar-refractivity contribution >= 4 is 33.6 Å². The number of benzene rings is 2. The van der Waals surface area contributed by atoms with Crippen molar-refractivity contribution in [1.82, 2.24) is 19.4 Å². The van der Waals surface area contributed by atoms with Gasteiger partial charge in [0.15, 0.2) is 0 Å². The van der Waals surface area contributed by atoms with Crippen LogP contribution >= 0.6 is 0 Å². The molecule has 0 unspecified atom stereocenters. The molecule has 5 aromatic rings. The molecule has 1 amide bonds. The van der Waals surface area contributed by atoms with Crippen LogP contribution in [0.4, 0.5) is 10.2 Å². The number of aromatic nitrogens is 3. The number of fused-ring (bicyclic) bond motifs is 3. The molecule has 43 heavy (non-hydrogen) atoms. The second-order valence-corrected chi connectivity index (χ2v) is 11.2. The Balaban J connectivity index is 1.73. The summed E-state index contributed by atoms with van der Waals surface area (Å²) in [5.41, 5.74) is 2.79. The van der Waals surface area contributed by atoms with Crippen LogP contribution in [0.2, 0.25) is 0 Å². The summed E-state index contributed by atoms with van der Waals surface area (Å²) in [4.78, 5) is 39.5. The molecular weight excluding hydrogens is 549 g/mol. The summed E-state index contributed by atoms with van der Waals surface area (Å²) in [6.45, 7) is 12.7. The van der Waals surface area contributed by atoms with Crippen LogP contribution in [-0.2, 0) is 4.79 Å². The maximum Gasteiger partial charge on any atom is 0.354 e. The molecule has 1 aliphatic rings. The zero-order valence-corrected chi connectivity index (χ0v) is 24.5. The molecule has 3 aromatic heterocycles. The highest BCUT2D eigenvalue weighted by molar-refractivity contribution is 6.15. The second-order valence-electron chi connectivity index (χ2n) is 11.2. The molecule has 1 aliphatic heterocycles. The summed E-state index contributed by atoms with van der Waals surface area (Å²) >= 11 is 0. The number of hydrogen-bond donors (Lipinski definition) is 1. The summed E-state index contributed by atoms with van der Waals surface area (Å²) in [5.74, 6) is -0.610. The maximum atomic E-state index is 15.3. The Bertz CT molecular complexity index is 1960. The Labute approximate surface area is 247 Å². The number of aryl methyl sites for hydroxylation is 1. The van der Waals surface area contributed by atoms with Crippen molar-refractivity contribution in [3.05, 3.63) is 89.1 Å². The van der Waals surface area contributed by atoms with Crippen molar-refractivity contribution in [2.45, 2.75) is 39.7 Å². The molecule has 0 saturated carbocycles. The van der Waals surface area contributed by atoms with Gasteiger partial charge in [-0.2, -0.15) is 4.98 Å². The zero-order chi connectivity index (χ0) is 30.6. The van der Waals surface area contributed by atoms with Gasteiger partial charge in [0.25, 0.3) is 0 Å². The Morgan fingerprint density at radius 1 is 1.23 bits per heavy atom. The van der Waals surface area contributed by atoms with Gasteiger partial charge >= 0.3 is 5.69 Å². The molecule has 2 aromatic carbocycles. The van der Waals surface area contributed by atoms with Crippen LogP contribution in [0.5, 0.6) is 5.75 Å². The largest absolute Gasteiger partial charge is 0.507 e. The molecule has 6 rings (SSSR count). The van der Waals surface area contributed by atoms with E-state index in [2.05, 4.69) is 16.5 Å². The number of phenolic OH excluding ortho intramolecular Hbond substituents is 1. The van der Waals surface area contributed by atoms with Crippen LogP contribution in [0.25, 0.3) is 38.7 Å². The second kappa shape index (κ2) is 10.7. The Kier molecular flexibility index (Phi) is 7.00. The lowest BCUT2D eigenvalue weighted by Crippen LogP contribution is -2.54. The van der Waals surface area contributed by atoms with Gasteiger partial charge in [-0.3, -0.25) is 14.3 Å². The van der Waals surface area contributed by atoms with Gasteiger partial charge in [-0.05, 0) is 61.7 Å². The monoisotopic (exact) mass is 581 g/mol. The van der Waals surface area contributed by atoms with Gasteiger partial charge in [0, 0.05) is 42.8 Å². The summed E-state index contributed by atoms with van der Waals surface area (Å²) in [6, 6.07) is 9.23. The summed E-state index contributed by atoms with van der Waals surface area (Å²) in [7, 11) is 0. The van der Waals surface area contributed by atoms with E-state index in [1.807, 2.05) is 38.7 Å². The SMILES string of the molecule is C=CC(=O)N1CCN(c2nc(=O)n(-c3c(C)ccnc3C(C)C)c3cc(-c4c(O)cccc4F)c4ccoc4c23)[C@@H](C)C1. The zero-order valence-electron chi connectivity index (χ0n) is 24.5. The van der Waals surface area contributed by atoms with Gasteiger partial charge in [-0.15, -0.1) is 0 Å². The number of halogens is 1. The maximum absolute atomic E-state index is 15.3. The molecule has 1 N–H and O–H groups in total. The van der Waals surface area contributed by atoms with Gasteiger partial charge in [-0.25, -0.2) is 9.18 Å². The molecule has 0 radical (unpaired) electrons. The van der Waals surface area contributed by atoms with Gasteiger partial charge in [0.1, 0.15) is 23.0 Å². The number of nitrogens with zero attached hydrogens (tertiary/aromatic N) is 5. The fourth-order valence-corrected chi connectivity index (χ4v) is 6.11. The van der Waals surface area contributed by atoms with E-state index in [1.165, 1.54) is 35.1 Å². The quantitative estimate of drug-likeness (QED) is 0.266. The minimum Gasteiger partial charge on any atom is -0.507 e. The first-order valence-electron chi connectivity index (χ1n) is 14.2. The van der Waals surface area contributed by atoms with Crippen LogP contribution in [0.3, 0.4) is 0 Å². The van der Waals surface area contributed by atoms with Gasteiger partial charge < -0.3 is 19.3 Å². The van der Waals surface area contributed by atoms with Crippen LogP contribution in [0.1, 0.15) is 37.9 Å². The van der Waals surface area contributed by atoms with Gasteiger partial charge in [-0.1, -0.05) is 26.5 Å². The van der Waals surface area contributed by atoms with Crippen molar-refractivity contribution < 1.29 is 18.7 Å². The van der Waals surface area contributed by atoms with Gasteiger partial charge in [0.2, 0.25) is 5.91 Å². The highest BCUT2D eigenvalue weighted by Gasteiger charge is 2.31. The third kappa shape index (κ3) is 4.54. The molecule has 220 valence electrons. The van der Waals surface area contributed by atoms with Crippen LogP contribution in [0, 0.1) is 12.7 Å². The average Bonchev–Trinajstić information content (AvgIpc) is 3.47. The van der Waals surface area contributed by atoms with E-state index >= 15 is 4.39 Å². The minimum atomic E-state index is -0.609. The number of hydrogen-bond acceptors (Lipinski definition) is 7. The summed E-state index contributed by atoms with van der Waals surface area (Å²) in [5, 5.41) is 11.9. The van der Waals surface area contributed by atoms with E-state index in [0.717, 1.165) is 5.56 Å². The lowest BCUT2D eigenvalue weighted by molar-refractivity contribution is -0.126. The molecule has 1 atom stereocenters. The minimum absolute atomic E-state index is 0.00470. The number of anilines is 1. The molecule has 1 saturated heterocycles. The molecule has 0 spiro atoms. The molecule has 9 nitrogen and oxygen atoms in total. The fourth-order valence-electron chi connectivity index (χ4n) is 6.11. The number of furan rings is 1. The standard InChI is InChI=1S/C33H32FN5O4/c1-6-26(41)37-13-14-38(20(5)17-37)32-28-24(39(33(42)36-32)30-19(4)10-12-35-29(30)18(2)3)16-22(21-11-15-43-31(21)28)27-23(34)8-7-9-25(27)40/h6-12,15-16,18,20,40H,1,13-14,17H2,2-5H3/t20-/m0/s1. The number of aromatic hydroxyl groups is 1. The number of piperazine rings is 1. The predicted octanol–water partition coefficient (Wildman–Crippen LogP) is 5.69. The normalized spacial score (nSPS) is 15.5. The van der Waals surface area contributed by atoms with E-state index < -0.39 is 11.5 Å². The highest BCUT2D eigenvalue weighted by atomic mass is 19.1. The molecule has 4 heterocycles. The van der Waals surface area contributed by atoms with Crippen molar-refractivity contribution in [3.8, 4) is 22.6 Å². The van der Waals surface area contributed by atoms with Crippen molar-refractivity contribution in [1.29, 1.82) is 0 Å². The van der Waals surface area contributed by atoms with Crippen molar-refractivity contribution in [2.75, 3.05) is 24.5 Å². The van der Waals surface area contributed by atoms with E-state index in [9.17, 15) is 14.7 Å². The Morgan fingerprint density at radius 3 is 2.72 bits per heavy atom. The van der Waals surface area contributed by atoms with Gasteiger partial charge in [0.05, 0.1) is 34.1 Å². The molecule has 10 heteroatoms. The summed E-state index contributed by atoms with van der Waals surface area (Å²) < 4.78 is 22.9. The average molecular weight is 582 g/mol. The number of carbonyl (C=O) groups is 1. The highest BCUT2D eigenvalue weighted by Crippen LogP contribution is 2.43. The molecular formula is C33H32FN5O4. The number of carbonyl (C=O) groups excluding carboxylic acids is 1. The Hall–Kier alpha value is -4.99. The van der Waals surface area contributed by atoms with Crippen LogP contribution < -0.4 is 10.6 Å². The topological polar surface area (TPSA) is 105 Å². The van der Waals surface area contributed by atoms with Crippen molar-refractivity contribution in [2.24, 2.45) is 0 Å². The number of amides is 1. The predicted molar refractivity (Wildman–Crippen MR) is 164 cm³/mol. The number of phenols is 1. The molecule has 0 aliphatic carbocycles. The Morgan fingerprint density at radius 2 is 2.02 bits per heavy atom. The van der Waals surface area contributed by atoms with E-state index in [-0.39, 0.29) is 29.2 Å². The van der Waals surface area contributed by atoms with E-state index in [4.69, 9.17) is 4.42 Å². The first-order valence-corrected chi connectivity index (χ1v) is 14.2. The van der Waals surface area contributed by atoms with E-state index in [0.29, 0.717) is 64.3 Å². The number of rotatable bonds is 5. The molecule has 0 bridgehead atoms. The number of pyridine rings is 1. The van der Waals surface area contributed by atoms with Crippen LogP contribution in [-0.4, -0.2) is 56.1 Å².